The standard InChI is InChI=1S/C60H57BN2OS/c1-34-28-41-52-37-17-12-11-16-36(37)22-23-46(52)63(47-20-15-19-39-38-18-13-14-21-50(38)64-55(39)47)61-53(41)49(29-34)62(48-32-44-42(30-35(48)2)57(3,4)24-26-59(44,7)8)54-40-31-43-45(33-51(40)65-56(54)61)60(9,10)27-25-58(43,5)6/h11-23,28-33H,24-27H2,1-10H3. The molecule has 2 aromatic heterocycles. The maximum Gasteiger partial charge on any atom is 0.343 e. The smallest absolute Gasteiger partial charge is 0.343 e. The lowest BCUT2D eigenvalue weighted by Gasteiger charge is -2.46. The van der Waals surface area contributed by atoms with Crippen LogP contribution in [0.1, 0.15) is 114 Å². The lowest BCUT2D eigenvalue weighted by Crippen LogP contribution is -2.60. The first kappa shape index (κ1) is 39.6. The van der Waals surface area contributed by atoms with Crippen LogP contribution in [0.5, 0.6) is 0 Å². The number of hydrogen-bond donors (Lipinski definition) is 0. The molecule has 0 saturated carbocycles. The van der Waals surface area contributed by atoms with Gasteiger partial charge in [0.1, 0.15) is 5.58 Å². The van der Waals surface area contributed by atoms with E-state index in [0.717, 1.165) is 27.6 Å². The molecule has 0 saturated heterocycles. The SMILES string of the molecule is Cc1cc2c3c(c1)N(c1cc4c(cc1C)C(C)(C)CCC4(C)C)c1c(sc4cc5c(cc14)C(C)(C)CCC5(C)C)B3N(c1cccc3c1oc1ccccc13)c1ccc3ccccc3c1-2. The minimum Gasteiger partial charge on any atom is -0.454 e. The van der Waals surface area contributed by atoms with Crippen LogP contribution in [-0.4, -0.2) is 6.85 Å². The summed E-state index contributed by atoms with van der Waals surface area (Å²) in [7, 11) is 0. The highest BCUT2D eigenvalue weighted by atomic mass is 32.1. The fraction of sp³-hybridized carbons (Fsp3) is 0.300. The van der Waals surface area contributed by atoms with Crippen LogP contribution in [0.2, 0.25) is 0 Å². The van der Waals surface area contributed by atoms with Crippen LogP contribution >= 0.6 is 11.3 Å². The molecule has 0 radical (unpaired) electrons. The van der Waals surface area contributed by atoms with E-state index in [-0.39, 0.29) is 28.5 Å². The van der Waals surface area contributed by atoms with Gasteiger partial charge < -0.3 is 14.1 Å². The van der Waals surface area contributed by atoms with Gasteiger partial charge in [0.2, 0.25) is 0 Å². The first-order valence-electron chi connectivity index (χ1n) is 24.0. The quantitative estimate of drug-likeness (QED) is 0.161. The Morgan fingerprint density at radius 2 is 1.17 bits per heavy atom. The third-order valence-corrected chi connectivity index (χ3v) is 17.9. The minimum atomic E-state index is -0.108. The zero-order chi connectivity index (χ0) is 44.7. The Morgan fingerprint density at radius 1 is 0.538 bits per heavy atom. The summed E-state index contributed by atoms with van der Waals surface area (Å²) in [6.07, 6.45) is 4.73. The van der Waals surface area contributed by atoms with E-state index in [2.05, 4.69) is 194 Å². The highest BCUT2D eigenvalue weighted by Gasteiger charge is 2.49. The van der Waals surface area contributed by atoms with Crippen molar-refractivity contribution in [3.05, 3.63) is 149 Å². The molecule has 0 amide bonds. The maximum atomic E-state index is 6.99. The molecule has 5 heteroatoms. The van der Waals surface area contributed by atoms with E-state index in [9.17, 15) is 0 Å². The largest absolute Gasteiger partial charge is 0.454 e. The van der Waals surface area contributed by atoms with Crippen molar-refractivity contribution in [3.8, 4) is 11.1 Å². The second kappa shape index (κ2) is 13.0. The van der Waals surface area contributed by atoms with E-state index in [1.165, 1.54) is 124 Å². The number of thiophene rings is 1. The molecule has 2 aliphatic carbocycles. The number of para-hydroxylation sites is 2. The number of furan rings is 1. The van der Waals surface area contributed by atoms with E-state index >= 15 is 0 Å². The molecule has 0 fully saturated rings. The predicted octanol–water partition coefficient (Wildman–Crippen LogP) is 16.0. The Bertz CT molecular complexity index is 3560. The molecule has 65 heavy (non-hydrogen) atoms. The molecular formula is C60H57BN2OS. The van der Waals surface area contributed by atoms with E-state index in [0.29, 0.717) is 0 Å². The van der Waals surface area contributed by atoms with Gasteiger partial charge in [-0.1, -0.05) is 128 Å². The molecule has 0 atom stereocenters. The molecule has 4 heterocycles. The van der Waals surface area contributed by atoms with Crippen molar-refractivity contribution < 1.29 is 4.42 Å². The molecule has 4 aliphatic rings. The number of hydrogen-bond acceptors (Lipinski definition) is 4. The van der Waals surface area contributed by atoms with Gasteiger partial charge in [0.25, 0.3) is 0 Å². The van der Waals surface area contributed by atoms with Gasteiger partial charge in [-0.2, -0.15) is 0 Å². The summed E-state index contributed by atoms with van der Waals surface area (Å²) < 4.78 is 9.76. The number of aryl methyl sites for hydroxylation is 2. The van der Waals surface area contributed by atoms with Gasteiger partial charge in [0.15, 0.2) is 5.58 Å². The molecule has 0 N–H and O–H groups in total. The van der Waals surface area contributed by atoms with E-state index in [1.54, 1.807) is 0 Å². The molecule has 0 bridgehead atoms. The monoisotopic (exact) mass is 864 g/mol. The normalized spacial score (nSPS) is 18.5. The molecule has 0 spiro atoms. The van der Waals surface area contributed by atoms with Crippen molar-refractivity contribution in [1.29, 1.82) is 0 Å². The number of fused-ring (bicyclic) bond motifs is 13. The van der Waals surface area contributed by atoms with E-state index in [1.807, 2.05) is 11.3 Å². The summed E-state index contributed by atoms with van der Waals surface area (Å²) in [5.74, 6) is 0. The summed E-state index contributed by atoms with van der Waals surface area (Å²) in [6, 6.07) is 44.5. The first-order valence-corrected chi connectivity index (χ1v) is 24.8. The molecule has 9 aromatic rings. The Kier molecular flexibility index (Phi) is 7.90. The van der Waals surface area contributed by atoms with Crippen molar-refractivity contribution in [2.75, 3.05) is 9.71 Å². The Hall–Kier alpha value is -5.78. The van der Waals surface area contributed by atoms with Crippen LogP contribution in [0, 0.1) is 13.8 Å². The highest BCUT2D eigenvalue weighted by molar-refractivity contribution is 7.32. The number of anilines is 5. The molecule has 7 aromatic carbocycles. The molecular weight excluding hydrogens is 808 g/mol. The summed E-state index contributed by atoms with van der Waals surface area (Å²) in [6.45, 7) is 24.3. The fourth-order valence-electron chi connectivity index (χ4n) is 12.8. The van der Waals surface area contributed by atoms with Gasteiger partial charge in [-0.3, -0.25) is 0 Å². The molecule has 322 valence electrons. The van der Waals surface area contributed by atoms with Gasteiger partial charge in [0.05, 0.1) is 11.4 Å². The Morgan fingerprint density at radius 3 is 1.91 bits per heavy atom. The van der Waals surface area contributed by atoms with Crippen molar-refractivity contribution in [3.63, 3.8) is 0 Å². The van der Waals surface area contributed by atoms with Gasteiger partial charge in [-0.25, -0.2) is 0 Å². The molecule has 0 unspecified atom stereocenters. The highest BCUT2D eigenvalue weighted by Crippen LogP contribution is 2.56. The zero-order valence-corrected chi connectivity index (χ0v) is 40.4. The maximum absolute atomic E-state index is 6.99. The lowest BCUT2D eigenvalue weighted by molar-refractivity contribution is 0.332. The topological polar surface area (TPSA) is 19.6 Å². The summed E-state index contributed by atoms with van der Waals surface area (Å²) in [5.41, 5.74) is 21.1. The van der Waals surface area contributed by atoms with E-state index < -0.39 is 0 Å². The van der Waals surface area contributed by atoms with Gasteiger partial charge >= 0.3 is 6.85 Å². The summed E-state index contributed by atoms with van der Waals surface area (Å²) >= 11 is 2.02. The second-order valence-corrected chi connectivity index (χ2v) is 23.8. The van der Waals surface area contributed by atoms with Crippen molar-refractivity contribution in [1.82, 2.24) is 0 Å². The van der Waals surface area contributed by atoms with Crippen LogP contribution in [0.15, 0.2) is 120 Å². The molecule has 3 nitrogen and oxygen atoms in total. The molecule has 13 rings (SSSR count). The second-order valence-electron chi connectivity index (χ2n) is 22.7. The van der Waals surface area contributed by atoms with Crippen LogP contribution in [-0.2, 0) is 21.7 Å². The Balaban J connectivity index is 1.20. The van der Waals surface area contributed by atoms with Crippen molar-refractivity contribution >= 4 is 99.7 Å². The predicted molar refractivity (Wildman–Crippen MR) is 280 cm³/mol. The third-order valence-electron chi connectivity index (χ3n) is 16.7. The fourth-order valence-corrected chi connectivity index (χ4v) is 14.1. The van der Waals surface area contributed by atoms with Crippen LogP contribution in [0.25, 0.3) is 53.9 Å². The minimum absolute atomic E-state index is 0.0613. The number of benzene rings is 7. The van der Waals surface area contributed by atoms with Gasteiger partial charge in [0, 0.05) is 48.3 Å². The summed E-state index contributed by atoms with van der Waals surface area (Å²) in [5, 5.41) is 6.20. The van der Waals surface area contributed by atoms with Gasteiger partial charge in [-0.15, -0.1) is 11.3 Å². The first-order chi connectivity index (χ1) is 31.0. The van der Waals surface area contributed by atoms with E-state index in [4.69, 9.17) is 4.42 Å². The third kappa shape index (κ3) is 5.36. The van der Waals surface area contributed by atoms with Crippen LogP contribution in [0.3, 0.4) is 0 Å². The number of rotatable bonds is 2. The van der Waals surface area contributed by atoms with Crippen molar-refractivity contribution in [2.45, 2.75) is 117 Å². The lowest BCUT2D eigenvalue weighted by atomic mass is 9.46. The van der Waals surface area contributed by atoms with Crippen LogP contribution < -0.4 is 20.0 Å². The number of nitrogens with zero attached hydrogens (tertiary/aromatic N) is 2. The zero-order valence-electron chi connectivity index (χ0n) is 39.6. The van der Waals surface area contributed by atoms with Gasteiger partial charge in [-0.05, 0) is 159 Å². The summed E-state index contributed by atoms with van der Waals surface area (Å²) in [4.78, 5) is 5.42. The average molecular weight is 865 g/mol. The molecule has 2 aliphatic heterocycles. The van der Waals surface area contributed by atoms with Crippen LogP contribution in [0.4, 0.5) is 28.4 Å². The average Bonchev–Trinajstić information content (AvgIpc) is 3.85. The van der Waals surface area contributed by atoms with Crippen molar-refractivity contribution in [2.24, 2.45) is 0 Å². The Labute approximate surface area is 388 Å².